The second kappa shape index (κ2) is 2.58. The number of hydrogen-bond donors (Lipinski definition) is 3. The van der Waals surface area contributed by atoms with Gasteiger partial charge in [0, 0.05) is 11.8 Å². The Morgan fingerprint density at radius 2 is 2.25 bits per heavy atom. The lowest BCUT2D eigenvalue weighted by atomic mass is 10.1. The Morgan fingerprint density at radius 1 is 1.50 bits per heavy atom. The third kappa shape index (κ3) is 0.891. The van der Waals surface area contributed by atoms with Gasteiger partial charge >= 0.3 is 0 Å². The van der Waals surface area contributed by atoms with E-state index in [1.54, 1.807) is 16.8 Å². The highest BCUT2D eigenvalue weighted by atomic mass is 16.3. The molecule has 1 aliphatic heterocycles. The molecule has 0 amide bonds. The minimum absolute atomic E-state index is 0.0912. The van der Waals surface area contributed by atoms with E-state index in [4.69, 9.17) is 5.11 Å². The molecule has 0 fully saturated rings. The second-order valence-electron chi connectivity index (χ2n) is 3.05. The zero-order chi connectivity index (χ0) is 8.72. The minimum atomic E-state index is -0.845. The highest BCUT2D eigenvalue weighted by Crippen LogP contribution is 2.29. The van der Waals surface area contributed by atoms with Gasteiger partial charge in [-0.2, -0.15) is 0 Å². The molecular weight excluding hydrogens is 158 g/mol. The molecule has 4 heteroatoms. The lowest BCUT2D eigenvalue weighted by molar-refractivity contribution is 0.0299. The third-order valence-corrected chi connectivity index (χ3v) is 2.29. The summed E-state index contributed by atoms with van der Waals surface area (Å²) in [5.74, 6) is 0. The summed E-state index contributed by atoms with van der Waals surface area (Å²) in [5.41, 5.74) is 1.34. The lowest BCUT2D eigenvalue weighted by Gasteiger charge is -2.06. The van der Waals surface area contributed by atoms with Gasteiger partial charge in [0.25, 0.3) is 0 Å². The van der Waals surface area contributed by atoms with Crippen LogP contribution in [0.5, 0.6) is 0 Å². The molecule has 1 aromatic rings. The number of rotatable bonds is 1. The van der Waals surface area contributed by atoms with Crippen LogP contribution < -0.4 is 0 Å². The second-order valence-corrected chi connectivity index (χ2v) is 3.05. The topological polar surface area (TPSA) is 65.6 Å². The molecule has 4 nitrogen and oxygen atoms in total. The van der Waals surface area contributed by atoms with E-state index in [2.05, 4.69) is 0 Å². The summed E-state index contributed by atoms with van der Waals surface area (Å²) in [6.45, 7) is 0.322. The van der Waals surface area contributed by atoms with E-state index >= 15 is 0 Å². The van der Waals surface area contributed by atoms with Crippen LogP contribution >= 0.6 is 0 Å². The molecule has 2 rings (SSSR count). The molecule has 0 saturated heterocycles. The zero-order valence-electron chi connectivity index (χ0n) is 6.51. The Bertz CT molecular complexity index is 294. The summed E-state index contributed by atoms with van der Waals surface area (Å²) in [5, 5.41) is 27.6. The molecule has 0 aromatic carbocycles. The maximum atomic E-state index is 9.47. The standard InChI is InChI=1S/C8H11NO3/c10-4-5-1-2-9-3-6(11)8(12)7(5)9/h1-2,6,8,10-12H,3-4H2/t6-,8-/m1/s1. The molecule has 3 N–H and O–H groups in total. The van der Waals surface area contributed by atoms with Crippen molar-refractivity contribution >= 4 is 0 Å². The molecule has 0 bridgehead atoms. The van der Waals surface area contributed by atoms with Gasteiger partial charge in [-0.3, -0.25) is 0 Å². The van der Waals surface area contributed by atoms with Gasteiger partial charge in [-0.25, -0.2) is 0 Å². The first kappa shape index (κ1) is 7.79. The van der Waals surface area contributed by atoms with E-state index in [1.165, 1.54) is 0 Å². The molecule has 2 atom stereocenters. The van der Waals surface area contributed by atoms with E-state index in [9.17, 15) is 10.2 Å². The fourth-order valence-corrected chi connectivity index (χ4v) is 1.67. The van der Waals surface area contributed by atoms with Crippen LogP contribution in [0.15, 0.2) is 12.3 Å². The summed E-state index contributed by atoms with van der Waals surface area (Å²) in [4.78, 5) is 0. The monoisotopic (exact) mass is 169 g/mol. The van der Waals surface area contributed by atoms with Gasteiger partial charge in [-0.05, 0) is 6.07 Å². The average Bonchev–Trinajstić information content (AvgIpc) is 2.55. The average molecular weight is 169 g/mol. The van der Waals surface area contributed by atoms with Crippen molar-refractivity contribution in [2.24, 2.45) is 0 Å². The number of nitrogens with zero attached hydrogens (tertiary/aromatic N) is 1. The number of aliphatic hydroxyl groups is 3. The largest absolute Gasteiger partial charge is 0.392 e. The third-order valence-electron chi connectivity index (χ3n) is 2.29. The summed E-state index contributed by atoms with van der Waals surface area (Å²) in [6, 6.07) is 1.75. The number of hydrogen-bond acceptors (Lipinski definition) is 3. The SMILES string of the molecule is OCc1ccn2c1[C@H](O)[C@H](O)C2. The number of aliphatic hydroxyl groups excluding tert-OH is 3. The Kier molecular flexibility index (Phi) is 1.68. The van der Waals surface area contributed by atoms with Crippen LogP contribution in [0.2, 0.25) is 0 Å². The van der Waals surface area contributed by atoms with Crippen molar-refractivity contribution < 1.29 is 15.3 Å². The normalized spacial score (nSPS) is 27.6. The first-order valence-electron chi connectivity index (χ1n) is 3.89. The zero-order valence-corrected chi connectivity index (χ0v) is 6.51. The van der Waals surface area contributed by atoms with Crippen LogP contribution in [-0.2, 0) is 13.2 Å². The van der Waals surface area contributed by atoms with Gasteiger partial charge in [0.1, 0.15) is 12.2 Å². The molecule has 0 radical (unpaired) electrons. The van der Waals surface area contributed by atoms with E-state index in [-0.39, 0.29) is 6.61 Å². The van der Waals surface area contributed by atoms with Crippen molar-refractivity contribution in [3.8, 4) is 0 Å². The van der Waals surface area contributed by atoms with Crippen molar-refractivity contribution in [1.82, 2.24) is 4.57 Å². The van der Waals surface area contributed by atoms with Crippen LogP contribution in [0.1, 0.15) is 17.4 Å². The van der Waals surface area contributed by atoms with Crippen LogP contribution in [0.25, 0.3) is 0 Å². The quantitative estimate of drug-likeness (QED) is 0.525. The molecule has 0 aliphatic carbocycles. The highest BCUT2D eigenvalue weighted by Gasteiger charge is 2.31. The van der Waals surface area contributed by atoms with Crippen LogP contribution in [0.4, 0.5) is 0 Å². The summed E-state index contributed by atoms with van der Waals surface area (Å²) in [6.07, 6.45) is 0.189. The van der Waals surface area contributed by atoms with Crippen molar-refractivity contribution in [3.63, 3.8) is 0 Å². The number of fused-ring (bicyclic) bond motifs is 1. The fraction of sp³-hybridized carbons (Fsp3) is 0.500. The Labute approximate surface area is 69.7 Å². The van der Waals surface area contributed by atoms with E-state index in [1.807, 2.05) is 0 Å². The summed E-state index contributed by atoms with van der Waals surface area (Å²) < 4.78 is 1.76. The van der Waals surface area contributed by atoms with E-state index < -0.39 is 12.2 Å². The maximum absolute atomic E-state index is 9.47. The predicted octanol–water partition coefficient (Wildman–Crippen LogP) is -0.612. The molecule has 0 saturated carbocycles. The van der Waals surface area contributed by atoms with Gasteiger partial charge in [0.15, 0.2) is 0 Å². The minimum Gasteiger partial charge on any atom is -0.392 e. The fourth-order valence-electron chi connectivity index (χ4n) is 1.67. The molecule has 1 aliphatic rings. The van der Waals surface area contributed by atoms with Gasteiger partial charge in [-0.1, -0.05) is 0 Å². The van der Waals surface area contributed by atoms with Gasteiger partial charge < -0.3 is 19.9 Å². The van der Waals surface area contributed by atoms with Crippen molar-refractivity contribution in [1.29, 1.82) is 0 Å². The van der Waals surface area contributed by atoms with Crippen molar-refractivity contribution in [3.05, 3.63) is 23.5 Å². The number of aromatic nitrogens is 1. The smallest absolute Gasteiger partial charge is 0.122 e. The van der Waals surface area contributed by atoms with Crippen molar-refractivity contribution in [2.45, 2.75) is 25.4 Å². The van der Waals surface area contributed by atoms with Crippen LogP contribution in [0.3, 0.4) is 0 Å². The van der Waals surface area contributed by atoms with Crippen molar-refractivity contribution in [2.75, 3.05) is 0 Å². The summed E-state index contributed by atoms with van der Waals surface area (Å²) in [7, 11) is 0. The first-order chi connectivity index (χ1) is 5.74. The first-order valence-corrected chi connectivity index (χ1v) is 3.89. The molecule has 0 unspecified atom stereocenters. The molecular formula is C8H11NO3. The lowest BCUT2D eigenvalue weighted by Crippen LogP contribution is -2.13. The van der Waals surface area contributed by atoms with Crippen LogP contribution in [-0.4, -0.2) is 26.0 Å². The molecule has 66 valence electrons. The Hall–Kier alpha value is -0.840. The van der Waals surface area contributed by atoms with E-state index in [0.29, 0.717) is 17.8 Å². The molecule has 0 spiro atoms. The molecule has 2 heterocycles. The Morgan fingerprint density at radius 3 is 2.92 bits per heavy atom. The van der Waals surface area contributed by atoms with Gasteiger partial charge in [0.05, 0.1) is 18.8 Å². The van der Waals surface area contributed by atoms with E-state index in [0.717, 1.165) is 0 Å². The molecule has 12 heavy (non-hydrogen) atoms. The molecule has 1 aromatic heterocycles. The highest BCUT2D eigenvalue weighted by molar-refractivity contribution is 5.27. The van der Waals surface area contributed by atoms with Crippen LogP contribution in [0, 0.1) is 0 Å². The van der Waals surface area contributed by atoms with Gasteiger partial charge in [0.2, 0.25) is 0 Å². The Balaban J connectivity index is 2.43. The van der Waals surface area contributed by atoms with Gasteiger partial charge in [-0.15, -0.1) is 0 Å². The maximum Gasteiger partial charge on any atom is 0.122 e. The summed E-state index contributed by atoms with van der Waals surface area (Å²) >= 11 is 0. The predicted molar refractivity (Wildman–Crippen MR) is 41.3 cm³/mol.